The molecular weight excluding hydrogens is 362 g/mol. The van der Waals surface area contributed by atoms with Crippen molar-refractivity contribution in [3.63, 3.8) is 0 Å². The summed E-state index contributed by atoms with van der Waals surface area (Å²) in [5.41, 5.74) is 1.29. The molecule has 1 aliphatic heterocycles. The average molecular weight is 392 g/mol. The molecule has 0 saturated heterocycles. The van der Waals surface area contributed by atoms with Crippen LogP contribution in [0.1, 0.15) is 72.9 Å². The third-order valence-electron chi connectivity index (χ3n) is 6.49. The molecule has 148 valence electrons. The predicted molar refractivity (Wildman–Crippen MR) is 104 cm³/mol. The lowest BCUT2D eigenvalue weighted by Crippen LogP contribution is -2.42. The van der Waals surface area contributed by atoms with E-state index in [1.807, 2.05) is 11.3 Å². The van der Waals surface area contributed by atoms with Crippen molar-refractivity contribution in [3.8, 4) is 0 Å². The van der Waals surface area contributed by atoms with Crippen LogP contribution in [0.2, 0.25) is 0 Å². The van der Waals surface area contributed by atoms with Crippen molar-refractivity contribution >= 4 is 23.2 Å². The van der Waals surface area contributed by atoms with Gasteiger partial charge in [0.05, 0.1) is 16.6 Å². The number of carboxylic acids is 1. The van der Waals surface area contributed by atoms with Crippen LogP contribution in [-0.4, -0.2) is 34.6 Å². The first kappa shape index (κ1) is 18.9. The van der Waals surface area contributed by atoms with Gasteiger partial charge >= 0.3 is 5.97 Å². The van der Waals surface area contributed by atoms with Gasteiger partial charge in [-0.3, -0.25) is 9.59 Å². The highest BCUT2D eigenvalue weighted by atomic mass is 32.1. The van der Waals surface area contributed by atoms with E-state index in [4.69, 9.17) is 10.1 Å². The number of thiazole rings is 1. The summed E-state index contributed by atoms with van der Waals surface area (Å²) in [5, 5.41) is 17.0. The number of amides is 1. The molecule has 2 fully saturated rings. The highest BCUT2D eigenvalue weighted by molar-refractivity contribution is 7.11. The first-order valence-electron chi connectivity index (χ1n) is 10.3. The molecule has 0 spiro atoms. The molecule has 7 heteroatoms. The Kier molecular flexibility index (Phi) is 5.78. The molecule has 2 saturated carbocycles. The molecule has 2 aliphatic carbocycles. The Balaban J connectivity index is 1.24. The van der Waals surface area contributed by atoms with E-state index < -0.39 is 5.97 Å². The van der Waals surface area contributed by atoms with Crippen molar-refractivity contribution in [3.05, 3.63) is 15.6 Å². The predicted octanol–water partition coefficient (Wildman–Crippen LogP) is 2.82. The lowest BCUT2D eigenvalue weighted by molar-refractivity contribution is -0.144. The molecule has 1 aromatic heterocycles. The molecule has 0 unspecified atom stereocenters. The van der Waals surface area contributed by atoms with E-state index in [0.29, 0.717) is 31.6 Å². The molecule has 3 N–H and O–H groups in total. The Morgan fingerprint density at radius 2 is 1.74 bits per heavy atom. The Bertz CT molecular complexity index is 665. The second-order valence-corrected chi connectivity index (χ2v) is 9.41. The van der Waals surface area contributed by atoms with Crippen LogP contribution in [0.5, 0.6) is 0 Å². The maximum atomic E-state index is 12.6. The maximum absolute atomic E-state index is 12.6. The summed E-state index contributed by atoms with van der Waals surface area (Å²) in [6.45, 7) is 1.99. The lowest BCUT2D eigenvalue weighted by Gasteiger charge is -2.31. The zero-order valence-electron chi connectivity index (χ0n) is 15.7. The number of nitrogens with one attached hydrogen (secondary N) is 2. The molecule has 0 bridgehead atoms. The third kappa shape index (κ3) is 4.35. The van der Waals surface area contributed by atoms with Crippen molar-refractivity contribution in [1.82, 2.24) is 15.6 Å². The van der Waals surface area contributed by atoms with Gasteiger partial charge in [-0.15, -0.1) is 11.3 Å². The fourth-order valence-electron chi connectivity index (χ4n) is 4.73. The zero-order chi connectivity index (χ0) is 18.8. The van der Waals surface area contributed by atoms with Crippen molar-refractivity contribution in [2.75, 3.05) is 6.54 Å². The molecule has 1 amide bonds. The van der Waals surface area contributed by atoms with E-state index >= 15 is 0 Å². The van der Waals surface area contributed by atoms with Crippen LogP contribution in [-0.2, 0) is 22.6 Å². The largest absolute Gasteiger partial charge is 0.481 e. The van der Waals surface area contributed by atoms with Gasteiger partial charge in [0.15, 0.2) is 0 Å². The molecule has 0 atom stereocenters. The molecule has 2 heterocycles. The minimum Gasteiger partial charge on any atom is -0.481 e. The molecule has 0 aromatic carbocycles. The van der Waals surface area contributed by atoms with Gasteiger partial charge in [0, 0.05) is 42.3 Å². The summed E-state index contributed by atoms with van der Waals surface area (Å²) >= 11 is 1.87. The molecule has 1 aromatic rings. The van der Waals surface area contributed by atoms with Crippen LogP contribution in [0.15, 0.2) is 0 Å². The van der Waals surface area contributed by atoms with Gasteiger partial charge in [-0.25, -0.2) is 4.98 Å². The highest BCUT2D eigenvalue weighted by Crippen LogP contribution is 2.37. The monoisotopic (exact) mass is 391 g/mol. The quantitative estimate of drug-likeness (QED) is 0.734. The fraction of sp³-hybridized carbons (Fsp3) is 0.750. The van der Waals surface area contributed by atoms with Crippen LogP contribution in [0.25, 0.3) is 0 Å². The van der Waals surface area contributed by atoms with E-state index in [0.717, 1.165) is 45.2 Å². The van der Waals surface area contributed by atoms with Crippen molar-refractivity contribution in [2.45, 2.75) is 76.3 Å². The topological polar surface area (TPSA) is 91.3 Å². The van der Waals surface area contributed by atoms with Gasteiger partial charge in [0.25, 0.3) is 0 Å². The third-order valence-corrected chi connectivity index (χ3v) is 7.75. The standard InChI is InChI=1S/C20H29N3O3S/c24-18(12-1-3-14(4-2-12)20(25)26)22-15-7-5-13(6-8-15)19-23-16-9-10-21-11-17(16)27-19/h12-15,21H,1-11H2,(H,22,24)(H,25,26)/t12-,13-,14-,15-. The minimum atomic E-state index is -0.716. The fourth-order valence-corrected chi connectivity index (χ4v) is 5.98. The van der Waals surface area contributed by atoms with Gasteiger partial charge in [-0.05, 0) is 51.4 Å². The van der Waals surface area contributed by atoms with Crippen LogP contribution < -0.4 is 10.6 Å². The normalized spacial score (nSPS) is 31.1. The van der Waals surface area contributed by atoms with E-state index in [9.17, 15) is 9.59 Å². The zero-order valence-corrected chi connectivity index (χ0v) is 16.5. The van der Waals surface area contributed by atoms with Gasteiger partial charge in [0.1, 0.15) is 0 Å². The maximum Gasteiger partial charge on any atom is 0.306 e. The average Bonchev–Trinajstić information content (AvgIpc) is 3.13. The Morgan fingerprint density at radius 3 is 2.41 bits per heavy atom. The SMILES string of the molecule is O=C(O)[C@H]1CC[C@H](C(=O)N[C@H]2CC[C@H](c3nc4c(s3)CNCC4)CC2)CC1. The molecule has 4 rings (SSSR count). The smallest absolute Gasteiger partial charge is 0.306 e. The Labute approximate surface area is 164 Å². The number of hydrogen-bond donors (Lipinski definition) is 3. The van der Waals surface area contributed by atoms with Crippen LogP contribution in [0.3, 0.4) is 0 Å². The summed E-state index contributed by atoms with van der Waals surface area (Å²) in [4.78, 5) is 29.9. The van der Waals surface area contributed by atoms with E-state index in [-0.39, 0.29) is 23.8 Å². The number of nitrogens with zero attached hydrogens (tertiary/aromatic N) is 1. The highest BCUT2D eigenvalue weighted by Gasteiger charge is 2.32. The van der Waals surface area contributed by atoms with Gasteiger partial charge < -0.3 is 15.7 Å². The summed E-state index contributed by atoms with van der Waals surface area (Å²) in [6, 6.07) is 0.266. The lowest BCUT2D eigenvalue weighted by atomic mass is 9.81. The Hall–Kier alpha value is -1.47. The number of fused-ring (bicyclic) bond motifs is 1. The summed E-state index contributed by atoms with van der Waals surface area (Å²) in [6.07, 6.45) is 7.93. The number of carbonyl (C=O) groups excluding carboxylic acids is 1. The molecular formula is C20H29N3O3S. The second kappa shape index (κ2) is 8.27. The van der Waals surface area contributed by atoms with Gasteiger partial charge in [-0.1, -0.05) is 0 Å². The van der Waals surface area contributed by atoms with E-state index in [1.54, 1.807) is 0 Å². The molecule has 3 aliphatic rings. The molecule has 27 heavy (non-hydrogen) atoms. The Morgan fingerprint density at radius 1 is 1.04 bits per heavy atom. The summed E-state index contributed by atoms with van der Waals surface area (Å²) in [7, 11) is 0. The van der Waals surface area contributed by atoms with Gasteiger partial charge in [0.2, 0.25) is 5.91 Å². The van der Waals surface area contributed by atoms with Crippen LogP contribution >= 0.6 is 11.3 Å². The van der Waals surface area contributed by atoms with Crippen molar-refractivity contribution in [2.24, 2.45) is 11.8 Å². The van der Waals surface area contributed by atoms with E-state index in [1.165, 1.54) is 15.6 Å². The van der Waals surface area contributed by atoms with Crippen molar-refractivity contribution in [1.29, 1.82) is 0 Å². The van der Waals surface area contributed by atoms with Crippen molar-refractivity contribution < 1.29 is 14.7 Å². The number of hydrogen-bond acceptors (Lipinski definition) is 5. The molecule has 0 radical (unpaired) electrons. The van der Waals surface area contributed by atoms with Gasteiger partial charge in [-0.2, -0.15) is 0 Å². The number of carboxylic acid groups (broad SMARTS) is 1. The number of aliphatic carboxylic acids is 1. The minimum absolute atomic E-state index is 0.00323. The number of aromatic nitrogens is 1. The second-order valence-electron chi connectivity index (χ2n) is 8.29. The van der Waals surface area contributed by atoms with Crippen LogP contribution in [0, 0.1) is 11.8 Å². The first-order chi connectivity index (χ1) is 13.1. The first-order valence-corrected chi connectivity index (χ1v) is 11.1. The number of rotatable bonds is 4. The van der Waals surface area contributed by atoms with Crippen LogP contribution in [0.4, 0.5) is 0 Å². The number of carbonyl (C=O) groups is 2. The summed E-state index contributed by atoms with van der Waals surface area (Å²) in [5.74, 6) is -0.301. The summed E-state index contributed by atoms with van der Waals surface area (Å²) < 4.78 is 0. The van der Waals surface area contributed by atoms with E-state index in [2.05, 4.69) is 10.6 Å². The molecule has 6 nitrogen and oxygen atoms in total.